The van der Waals surface area contributed by atoms with Gasteiger partial charge in [-0.2, -0.15) is 13.2 Å². The van der Waals surface area contributed by atoms with Gasteiger partial charge in [0.1, 0.15) is 11.3 Å². The van der Waals surface area contributed by atoms with Crippen LogP contribution in [0.1, 0.15) is 11.1 Å². The van der Waals surface area contributed by atoms with Crippen LogP contribution in [0, 0.1) is 6.92 Å². The maximum atomic E-state index is 12.5. The van der Waals surface area contributed by atoms with Crippen molar-refractivity contribution in [2.45, 2.75) is 13.1 Å². The Morgan fingerprint density at radius 1 is 1.11 bits per heavy atom. The van der Waals surface area contributed by atoms with Crippen molar-refractivity contribution in [1.29, 1.82) is 0 Å². The van der Waals surface area contributed by atoms with Gasteiger partial charge in [-0.05, 0) is 48.9 Å². The predicted octanol–water partition coefficient (Wildman–Crippen LogP) is 4.14. The van der Waals surface area contributed by atoms with E-state index in [0.29, 0.717) is 11.3 Å². The largest absolute Gasteiger partial charge is 0.484 e. The number of hydrogen-bond acceptors (Lipinski definition) is 4. The lowest BCUT2D eigenvalue weighted by molar-refractivity contribution is -0.137. The summed E-state index contributed by atoms with van der Waals surface area (Å²) in [6, 6.07) is 10.3. The molecule has 0 unspecified atom stereocenters. The molecule has 0 spiro atoms. The molecule has 0 bridgehead atoms. The molecule has 0 fully saturated rings. The Bertz CT molecular complexity index is 1040. The fourth-order valence-corrected chi connectivity index (χ4v) is 2.48. The molecule has 140 valence electrons. The third-order valence-corrected chi connectivity index (χ3v) is 3.79. The predicted molar refractivity (Wildman–Crippen MR) is 92.8 cm³/mol. The number of fused-ring (bicyclic) bond motifs is 1. The van der Waals surface area contributed by atoms with Gasteiger partial charge >= 0.3 is 11.8 Å². The summed E-state index contributed by atoms with van der Waals surface area (Å²) in [5.74, 6) is -0.223. The molecule has 1 amide bonds. The van der Waals surface area contributed by atoms with Gasteiger partial charge in [-0.1, -0.05) is 0 Å². The number of nitrogens with one attached hydrogen (secondary N) is 1. The van der Waals surface area contributed by atoms with Crippen LogP contribution in [-0.2, 0) is 11.0 Å². The molecule has 0 aliphatic carbocycles. The number of carbonyl (C=O) groups is 1. The highest BCUT2D eigenvalue weighted by Crippen LogP contribution is 2.29. The van der Waals surface area contributed by atoms with Gasteiger partial charge < -0.3 is 14.5 Å². The average Bonchev–Trinajstić information content (AvgIpc) is 2.59. The quantitative estimate of drug-likeness (QED) is 0.694. The molecule has 1 aromatic heterocycles. The third kappa shape index (κ3) is 4.46. The molecular formula is C19H14F3NO4. The van der Waals surface area contributed by atoms with E-state index in [1.807, 2.05) is 0 Å². The van der Waals surface area contributed by atoms with Crippen molar-refractivity contribution >= 4 is 22.6 Å². The number of amides is 1. The number of hydrogen-bond donors (Lipinski definition) is 1. The SMILES string of the molecule is Cc1cc(=O)oc2cc(OCC(=O)Nc3ccc(C(F)(F)F)cc3)ccc12. The van der Waals surface area contributed by atoms with Gasteiger partial charge in [0.15, 0.2) is 6.61 Å². The van der Waals surface area contributed by atoms with E-state index < -0.39 is 23.3 Å². The van der Waals surface area contributed by atoms with Crippen molar-refractivity contribution in [1.82, 2.24) is 0 Å². The number of carbonyl (C=O) groups excluding carboxylic acids is 1. The second-order valence-electron chi connectivity index (χ2n) is 5.82. The number of anilines is 1. The average molecular weight is 377 g/mol. The third-order valence-electron chi connectivity index (χ3n) is 3.79. The van der Waals surface area contributed by atoms with Crippen molar-refractivity contribution in [3.8, 4) is 5.75 Å². The Hall–Kier alpha value is -3.29. The summed E-state index contributed by atoms with van der Waals surface area (Å²) in [6.07, 6.45) is -4.44. The zero-order chi connectivity index (χ0) is 19.6. The topological polar surface area (TPSA) is 68.5 Å². The molecule has 5 nitrogen and oxygen atoms in total. The van der Waals surface area contributed by atoms with Crippen LogP contribution in [0.15, 0.2) is 57.7 Å². The molecule has 0 saturated heterocycles. The van der Waals surface area contributed by atoms with E-state index in [4.69, 9.17) is 9.15 Å². The number of benzene rings is 2. The molecule has 8 heteroatoms. The molecule has 0 aliphatic rings. The first kappa shape index (κ1) is 18.5. The minimum atomic E-state index is -4.44. The monoisotopic (exact) mass is 377 g/mol. The van der Waals surface area contributed by atoms with Gasteiger partial charge in [-0.15, -0.1) is 0 Å². The Balaban J connectivity index is 1.64. The normalized spacial score (nSPS) is 11.4. The standard InChI is InChI=1S/C19H14F3NO4/c1-11-8-18(25)27-16-9-14(6-7-15(11)16)26-10-17(24)23-13-4-2-12(3-5-13)19(20,21)22/h2-9H,10H2,1H3,(H,23,24). The molecule has 1 N–H and O–H groups in total. The van der Waals surface area contributed by atoms with Crippen LogP contribution < -0.4 is 15.7 Å². The Kier molecular flexibility index (Phi) is 4.89. The highest BCUT2D eigenvalue weighted by molar-refractivity contribution is 5.92. The van der Waals surface area contributed by atoms with Crippen molar-refractivity contribution in [3.05, 3.63) is 70.1 Å². The molecule has 0 saturated carbocycles. The first-order chi connectivity index (χ1) is 12.7. The maximum absolute atomic E-state index is 12.5. The molecule has 1 heterocycles. The lowest BCUT2D eigenvalue weighted by Crippen LogP contribution is -2.20. The highest BCUT2D eigenvalue weighted by Gasteiger charge is 2.29. The van der Waals surface area contributed by atoms with Crippen molar-refractivity contribution < 1.29 is 27.1 Å². The molecule has 0 atom stereocenters. The smallest absolute Gasteiger partial charge is 0.416 e. The zero-order valence-corrected chi connectivity index (χ0v) is 14.1. The Morgan fingerprint density at radius 3 is 2.48 bits per heavy atom. The van der Waals surface area contributed by atoms with Crippen LogP contribution in [0.25, 0.3) is 11.0 Å². The number of halogens is 3. The van der Waals surface area contributed by atoms with Crippen molar-refractivity contribution in [3.63, 3.8) is 0 Å². The fraction of sp³-hybridized carbons (Fsp3) is 0.158. The summed E-state index contributed by atoms with van der Waals surface area (Å²) < 4.78 is 48.0. The van der Waals surface area contributed by atoms with E-state index >= 15 is 0 Å². The number of rotatable bonds is 4. The van der Waals surface area contributed by atoms with E-state index in [-0.39, 0.29) is 12.3 Å². The summed E-state index contributed by atoms with van der Waals surface area (Å²) >= 11 is 0. The summed E-state index contributed by atoms with van der Waals surface area (Å²) in [5, 5.41) is 3.19. The number of alkyl halides is 3. The lowest BCUT2D eigenvalue weighted by Gasteiger charge is -2.10. The van der Waals surface area contributed by atoms with Crippen LogP contribution in [0.2, 0.25) is 0 Å². The first-order valence-electron chi connectivity index (χ1n) is 7.87. The molecule has 0 aliphatic heterocycles. The Morgan fingerprint density at radius 2 is 1.81 bits per heavy atom. The van der Waals surface area contributed by atoms with Gasteiger partial charge in [-0.25, -0.2) is 4.79 Å². The number of ether oxygens (including phenoxy) is 1. The highest BCUT2D eigenvalue weighted by atomic mass is 19.4. The van der Waals surface area contributed by atoms with Crippen LogP contribution in [0.5, 0.6) is 5.75 Å². The number of aryl methyl sites for hydroxylation is 1. The first-order valence-corrected chi connectivity index (χ1v) is 7.87. The minimum absolute atomic E-state index is 0.219. The molecule has 27 heavy (non-hydrogen) atoms. The van der Waals surface area contributed by atoms with Gasteiger partial charge in [-0.3, -0.25) is 4.79 Å². The van der Waals surface area contributed by atoms with Crippen LogP contribution in [0.4, 0.5) is 18.9 Å². The second kappa shape index (κ2) is 7.14. The molecule has 3 aromatic rings. The summed E-state index contributed by atoms with van der Waals surface area (Å²) in [4.78, 5) is 23.3. The fourth-order valence-electron chi connectivity index (χ4n) is 2.48. The zero-order valence-electron chi connectivity index (χ0n) is 14.1. The van der Waals surface area contributed by atoms with E-state index in [2.05, 4.69) is 5.32 Å². The van der Waals surface area contributed by atoms with E-state index in [1.54, 1.807) is 19.1 Å². The van der Waals surface area contributed by atoms with E-state index in [1.165, 1.54) is 12.1 Å². The van der Waals surface area contributed by atoms with Gasteiger partial charge in [0.2, 0.25) is 0 Å². The van der Waals surface area contributed by atoms with Gasteiger partial charge in [0, 0.05) is 23.2 Å². The maximum Gasteiger partial charge on any atom is 0.416 e. The molecule has 3 rings (SSSR count). The van der Waals surface area contributed by atoms with Crippen LogP contribution >= 0.6 is 0 Å². The second-order valence-corrected chi connectivity index (χ2v) is 5.82. The van der Waals surface area contributed by atoms with Crippen molar-refractivity contribution in [2.24, 2.45) is 0 Å². The van der Waals surface area contributed by atoms with Crippen LogP contribution in [0.3, 0.4) is 0 Å². The molecular weight excluding hydrogens is 363 g/mol. The Labute approximate surface area is 151 Å². The van der Waals surface area contributed by atoms with E-state index in [9.17, 15) is 22.8 Å². The summed E-state index contributed by atoms with van der Waals surface area (Å²) in [7, 11) is 0. The summed E-state index contributed by atoms with van der Waals surface area (Å²) in [5.41, 5.74) is 0.0205. The van der Waals surface area contributed by atoms with Crippen molar-refractivity contribution in [2.75, 3.05) is 11.9 Å². The van der Waals surface area contributed by atoms with Crippen LogP contribution in [-0.4, -0.2) is 12.5 Å². The molecule has 2 aromatic carbocycles. The van der Waals surface area contributed by atoms with E-state index in [0.717, 1.165) is 35.2 Å². The lowest BCUT2D eigenvalue weighted by atomic mass is 10.1. The van der Waals surface area contributed by atoms with Gasteiger partial charge in [0.05, 0.1) is 5.56 Å². The summed E-state index contributed by atoms with van der Waals surface area (Å²) in [6.45, 7) is 1.42. The molecule has 0 radical (unpaired) electrons. The minimum Gasteiger partial charge on any atom is -0.484 e. The van der Waals surface area contributed by atoms with Gasteiger partial charge in [0.25, 0.3) is 5.91 Å².